The number of aromatic nitrogens is 1. The zero-order valence-corrected chi connectivity index (χ0v) is 10.8. The first-order valence-corrected chi connectivity index (χ1v) is 6.54. The lowest BCUT2D eigenvalue weighted by Crippen LogP contribution is -2.21. The summed E-state index contributed by atoms with van der Waals surface area (Å²) in [5.74, 6) is 1.40. The molecule has 1 aliphatic rings. The molecule has 1 aliphatic heterocycles. The fourth-order valence-electron chi connectivity index (χ4n) is 2.36. The third kappa shape index (κ3) is 2.32. The highest BCUT2D eigenvalue weighted by Crippen LogP contribution is 2.29. The van der Waals surface area contributed by atoms with E-state index in [-0.39, 0.29) is 0 Å². The summed E-state index contributed by atoms with van der Waals surface area (Å²) in [6.07, 6.45) is 4.49. The Morgan fingerprint density at radius 3 is 3.00 bits per heavy atom. The van der Waals surface area contributed by atoms with E-state index in [2.05, 4.69) is 22.9 Å². The predicted octanol–water partition coefficient (Wildman–Crippen LogP) is 3.37. The smallest absolute Gasteiger partial charge is 0.0509 e. The Bertz CT molecular complexity index is 365. The molecule has 0 spiro atoms. The molecule has 0 aromatic carbocycles. The van der Waals surface area contributed by atoms with Gasteiger partial charge < -0.3 is 4.90 Å². The van der Waals surface area contributed by atoms with E-state index in [1.807, 2.05) is 13.1 Å². The molecular weight excluding hydrogens is 220 g/mol. The van der Waals surface area contributed by atoms with Crippen LogP contribution in [0.2, 0.25) is 0 Å². The van der Waals surface area contributed by atoms with Crippen LogP contribution >= 0.6 is 11.6 Å². The largest absolute Gasteiger partial charge is 0.371 e. The van der Waals surface area contributed by atoms with Gasteiger partial charge in [0.2, 0.25) is 0 Å². The zero-order valence-electron chi connectivity index (χ0n) is 10.0. The number of aryl methyl sites for hydroxylation is 1. The highest BCUT2D eigenvalue weighted by atomic mass is 35.5. The quantitative estimate of drug-likeness (QED) is 0.751. The molecule has 1 aromatic rings. The zero-order chi connectivity index (χ0) is 11.5. The molecule has 1 aromatic heterocycles. The summed E-state index contributed by atoms with van der Waals surface area (Å²) in [6.45, 7) is 6.64. The van der Waals surface area contributed by atoms with Crippen LogP contribution in [0.25, 0.3) is 0 Å². The van der Waals surface area contributed by atoms with E-state index in [1.54, 1.807) is 0 Å². The van der Waals surface area contributed by atoms with E-state index in [4.69, 9.17) is 11.6 Å². The standard InChI is InChI=1S/C13H19ClN2/c1-3-11-4-5-16(9-11)13-6-10(2)15-8-12(13)7-14/h6,8,11H,3-5,7,9H2,1-2H3. The van der Waals surface area contributed by atoms with Crippen molar-refractivity contribution in [2.45, 2.75) is 32.6 Å². The van der Waals surface area contributed by atoms with Gasteiger partial charge in [-0.15, -0.1) is 11.6 Å². The lowest BCUT2D eigenvalue weighted by Gasteiger charge is -2.21. The first-order chi connectivity index (χ1) is 7.74. The minimum atomic E-state index is 0.551. The molecule has 0 amide bonds. The van der Waals surface area contributed by atoms with Gasteiger partial charge in [-0.1, -0.05) is 13.3 Å². The summed E-state index contributed by atoms with van der Waals surface area (Å²) in [5.41, 5.74) is 3.52. The van der Waals surface area contributed by atoms with Crippen LogP contribution < -0.4 is 4.90 Å². The average Bonchev–Trinajstić information content (AvgIpc) is 2.77. The van der Waals surface area contributed by atoms with Crippen molar-refractivity contribution in [2.75, 3.05) is 18.0 Å². The summed E-state index contributed by atoms with van der Waals surface area (Å²) >= 11 is 5.97. The molecule has 1 saturated heterocycles. The third-order valence-electron chi connectivity index (χ3n) is 3.45. The summed E-state index contributed by atoms with van der Waals surface area (Å²) < 4.78 is 0. The normalized spacial score (nSPS) is 20.4. The molecule has 0 N–H and O–H groups in total. The molecule has 2 rings (SSSR count). The molecule has 1 atom stereocenters. The van der Waals surface area contributed by atoms with Crippen LogP contribution in [-0.2, 0) is 5.88 Å². The Morgan fingerprint density at radius 1 is 1.56 bits per heavy atom. The maximum absolute atomic E-state index is 5.97. The van der Waals surface area contributed by atoms with Crippen LogP contribution in [0.5, 0.6) is 0 Å². The van der Waals surface area contributed by atoms with Crippen molar-refractivity contribution in [1.29, 1.82) is 0 Å². The Kier molecular flexibility index (Phi) is 3.70. The van der Waals surface area contributed by atoms with E-state index in [1.165, 1.54) is 25.1 Å². The van der Waals surface area contributed by atoms with Gasteiger partial charge in [0.25, 0.3) is 0 Å². The van der Waals surface area contributed by atoms with Gasteiger partial charge in [-0.3, -0.25) is 4.98 Å². The molecular formula is C13H19ClN2. The van der Waals surface area contributed by atoms with Crippen LogP contribution in [0, 0.1) is 12.8 Å². The molecule has 1 fully saturated rings. The number of anilines is 1. The van der Waals surface area contributed by atoms with Crippen LogP contribution in [0.3, 0.4) is 0 Å². The maximum Gasteiger partial charge on any atom is 0.0509 e. The van der Waals surface area contributed by atoms with Gasteiger partial charge >= 0.3 is 0 Å². The fraction of sp³-hybridized carbons (Fsp3) is 0.615. The van der Waals surface area contributed by atoms with Crippen molar-refractivity contribution >= 4 is 17.3 Å². The van der Waals surface area contributed by atoms with Gasteiger partial charge in [-0.05, 0) is 25.3 Å². The van der Waals surface area contributed by atoms with Crippen LogP contribution in [-0.4, -0.2) is 18.1 Å². The second-order valence-electron chi connectivity index (χ2n) is 4.60. The van der Waals surface area contributed by atoms with Gasteiger partial charge in [0, 0.05) is 36.2 Å². The minimum absolute atomic E-state index is 0.551. The number of hydrogen-bond donors (Lipinski definition) is 0. The van der Waals surface area contributed by atoms with Crippen molar-refractivity contribution in [3.05, 3.63) is 23.5 Å². The number of hydrogen-bond acceptors (Lipinski definition) is 2. The lowest BCUT2D eigenvalue weighted by atomic mass is 10.1. The molecule has 0 bridgehead atoms. The first-order valence-electron chi connectivity index (χ1n) is 6.01. The summed E-state index contributed by atoms with van der Waals surface area (Å²) in [4.78, 5) is 6.77. The molecule has 1 unspecified atom stereocenters. The highest BCUT2D eigenvalue weighted by molar-refractivity contribution is 6.17. The molecule has 2 nitrogen and oxygen atoms in total. The summed E-state index contributed by atoms with van der Waals surface area (Å²) in [7, 11) is 0. The Hall–Kier alpha value is -0.760. The van der Waals surface area contributed by atoms with Gasteiger partial charge in [-0.25, -0.2) is 0 Å². The molecule has 2 heterocycles. The number of halogens is 1. The minimum Gasteiger partial charge on any atom is -0.371 e. The second kappa shape index (κ2) is 5.05. The Labute approximate surface area is 103 Å². The number of pyridine rings is 1. The van der Waals surface area contributed by atoms with Crippen molar-refractivity contribution in [3.63, 3.8) is 0 Å². The van der Waals surface area contributed by atoms with Crippen LogP contribution in [0.15, 0.2) is 12.3 Å². The SMILES string of the molecule is CCC1CCN(c2cc(C)ncc2CCl)C1. The van der Waals surface area contributed by atoms with Gasteiger partial charge in [0.1, 0.15) is 0 Å². The Balaban J connectivity index is 2.22. The van der Waals surface area contributed by atoms with Crippen molar-refractivity contribution < 1.29 is 0 Å². The molecule has 0 aliphatic carbocycles. The Morgan fingerprint density at radius 2 is 2.38 bits per heavy atom. The van der Waals surface area contributed by atoms with Crippen LogP contribution in [0.4, 0.5) is 5.69 Å². The topological polar surface area (TPSA) is 16.1 Å². The maximum atomic E-state index is 5.97. The third-order valence-corrected chi connectivity index (χ3v) is 3.73. The van der Waals surface area contributed by atoms with E-state index >= 15 is 0 Å². The van der Waals surface area contributed by atoms with Crippen molar-refractivity contribution in [1.82, 2.24) is 4.98 Å². The molecule has 3 heteroatoms. The molecule has 0 radical (unpaired) electrons. The predicted molar refractivity (Wildman–Crippen MR) is 69.1 cm³/mol. The first kappa shape index (κ1) is 11.7. The van der Waals surface area contributed by atoms with Gasteiger partial charge in [0.15, 0.2) is 0 Å². The van der Waals surface area contributed by atoms with E-state index < -0.39 is 0 Å². The van der Waals surface area contributed by atoms with E-state index in [0.717, 1.165) is 23.7 Å². The summed E-state index contributed by atoms with van der Waals surface area (Å²) in [6, 6.07) is 2.16. The molecule has 16 heavy (non-hydrogen) atoms. The number of alkyl halides is 1. The number of nitrogens with zero attached hydrogens (tertiary/aromatic N) is 2. The monoisotopic (exact) mass is 238 g/mol. The molecule has 0 saturated carbocycles. The van der Waals surface area contributed by atoms with Gasteiger partial charge in [-0.2, -0.15) is 0 Å². The fourth-order valence-corrected chi connectivity index (χ4v) is 2.56. The second-order valence-corrected chi connectivity index (χ2v) is 4.86. The average molecular weight is 239 g/mol. The summed E-state index contributed by atoms with van der Waals surface area (Å²) in [5, 5.41) is 0. The lowest BCUT2D eigenvalue weighted by molar-refractivity contribution is 0.569. The van der Waals surface area contributed by atoms with Crippen molar-refractivity contribution in [2.24, 2.45) is 5.92 Å². The molecule has 88 valence electrons. The van der Waals surface area contributed by atoms with E-state index in [9.17, 15) is 0 Å². The highest BCUT2D eigenvalue weighted by Gasteiger charge is 2.22. The number of rotatable bonds is 3. The van der Waals surface area contributed by atoms with Crippen LogP contribution in [0.1, 0.15) is 31.0 Å². The van der Waals surface area contributed by atoms with Gasteiger partial charge in [0.05, 0.1) is 5.88 Å². The van der Waals surface area contributed by atoms with Crippen molar-refractivity contribution in [3.8, 4) is 0 Å². The van der Waals surface area contributed by atoms with E-state index in [0.29, 0.717) is 5.88 Å².